The second-order valence-corrected chi connectivity index (χ2v) is 5.11. The number of anilines is 1. The first-order valence-corrected chi connectivity index (χ1v) is 7.11. The molecule has 0 radical (unpaired) electrons. The van der Waals surface area contributed by atoms with Crippen LogP contribution in [0.5, 0.6) is 5.75 Å². The minimum atomic E-state index is -0.477. The maximum absolute atomic E-state index is 12.0. The summed E-state index contributed by atoms with van der Waals surface area (Å²) >= 11 is 0. The van der Waals surface area contributed by atoms with Crippen LogP contribution in [-0.4, -0.2) is 18.4 Å². The minimum Gasteiger partial charge on any atom is -0.483 e. The van der Waals surface area contributed by atoms with E-state index in [0.717, 1.165) is 11.1 Å². The molecule has 0 saturated heterocycles. The molecule has 0 bridgehead atoms. The third-order valence-electron chi connectivity index (χ3n) is 3.41. The summed E-state index contributed by atoms with van der Waals surface area (Å²) in [7, 11) is 0. The second kappa shape index (κ2) is 7.42. The number of benzene rings is 2. The first-order valence-electron chi connectivity index (χ1n) is 7.11. The zero-order chi connectivity index (χ0) is 16.8. The van der Waals surface area contributed by atoms with Crippen LogP contribution >= 0.6 is 0 Å². The number of hydrogen-bond donors (Lipinski definition) is 3. The third kappa shape index (κ3) is 4.31. The molecule has 2 aromatic rings. The molecule has 0 aromatic heterocycles. The van der Waals surface area contributed by atoms with E-state index in [1.807, 2.05) is 37.5 Å². The molecule has 0 heterocycles. The molecule has 0 atom stereocenters. The highest BCUT2D eigenvalue weighted by molar-refractivity contribution is 5.97. The lowest BCUT2D eigenvalue weighted by atomic mass is 10.1. The largest absolute Gasteiger partial charge is 0.483 e. The number of hydrogen-bond acceptors (Lipinski definition) is 4. The molecule has 2 amide bonds. The van der Waals surface area contributed by atoms with E-state index in [1.54, 1.807) is 24.3 Å². The number of hydrazine groups is 1. The van der Waals surface area contributed by atoms with Gasteiger partial charge in [-0.05, 0) is 49.2 Å². The number of amides is 2. The normalized spacial score (nSPS) is 10.0. The third-order valence-corrected chi connectivity index (χ3v) is 3.41. The van der Waals surface area contributed by atoms with Crippen molar-refractivity contribution in [2.75, 3.05) is 11.9 Å². The lowest BCUT2D eigenvalue weighted by Gasteiger charge is -2.11. The zero-order valence-corrected chi connectivity index (χ0v) is 13.1. The molecule has 0 unspecified atom stereocenters. The number of nitrogens with one attached hydrogen (secondary N) is 2. The molecule has 0 aliphatic heterocycles. The van der Waals surface area contributed by atoms with Gasteiger partial charge in [-0.2, -0.15) is 0 Å². The average Bonchev–Trinajstić information content (AvgIpc) is 2.56. The predicted octanol–water partition coefficient (Wildman–Crippen LogP) is 1.92. The number of ether oxygens (including phenoxy) is 1. The maximum Gasteiger partial charge on any atom is 0.268 e. The summed E-state index contributed by atoms with van der Waals surface area (Å²) in [5.74, 6) is 4.63. The summed E-state index contributed by atoms with van der Waals surface area (Å²) < 4.78 is 5.42. The topological polar surface area (TPSA) is 93.4 Å². The van der Waals surface area contributed by atoms with Crippen LogP contribution < -0.4 is 21.3 Å². The molecular formula is C17H19N3O3. The van der Waals surface area contributed by atoms with E-state index in [4.69, 9.17) is 10.6 Å². The molecule has 6 heteroatoms. The Kier molecular flexibility index (Phi) is 5.32. The second-order valence-electron chi connectivity index (χ2n) is 5.11. The van der Waals surface area contributed by atoms with Gasteiger partial charge in [0.2, 0.25) is 0 Å². The van der Waals surface area contributed by atoms with Crippen molar-refractivity contribution in [1.29, 1.82) is 0 Å². The van der Waals surface area contributed by atoms with Crippen molar-refractivity contribution >= 4 is 17.5 Å². The Morgan fingerprint density at radius 3 is 2.52 bits per heavy atom. The van der Waals surface area contributed by atoms with Crippen LogP contribution in [0, 0.1) is 13.8 Å². The Labute approximate surface area is 134 Å². The fourth-order valence-electron chi connectivity index (χ4n) is 2.02. The van der Waals surface area contributed by atoms with E-state index >= 15 is 0 Å². The van der Waals surface area contributed by atoms with Crippen molar-refractivity contribution in [3.63, 3.8) is 0 Å². The molecule has 23 heavy (non-hydrogen) atoms. The van der Waals surface area contributed by atoms with Crippen molar-refractivity contribution in [1.82, 2.24) is 5.43 Å². The number of rotatable bonds is 5. The molecule has 4 N–H and O–H groups in total. The summed E-state index contributed by atoms with van der Waals surface area (Å²) in [6, 6.07) is 12.2. The molecule has 0 saturated carbocycles. The Morgan fingerprint density at radius 1 is 1.09 bits per heavy atom. The molecule has 6 nitrogen and oxygen atoms in total. The van der Waals surface area contributed by atoms with Gasteiger partial charge in [0.05, 0.1) is 5.56 Å². The molecule has 2 aromatic carbocycles. The number of para-hydroxylation sites is 1. The van der Waals surface area contributed by atoms with Gasteiger partial charge >= 0.3 is 0 Å². The summed E-state index contributed by atoms with van der Waals surface area (Å²) in [5, 5.41) is 2.75. The number of carbonyl (C=O) groups excluding carboxylic acids is 2. The number of nitrogen functional groups attached to an aromatic ring is 1. The number of aryl methyl sites for hydroxylation is 2. The van der Waals surface area contributed by atoms with Crippen LogP contribution in [0.4, 0.5) is 5.69 Å². The summed E-state index contributed by atoms with van der Waals surface area (Å²) in [6.45, 7) is 3.77. The van der Waals surface area contributed by atoms with Gasteiger partial charge in [0.15, 0.2) is 6.61 Å². The Morgan fingerprint density at radius 2 is 1.83 bits per heavy atom. The van der Waals surface area contributed by atoms with E-state index in [-0.39, 0.29) is 18.1 Å². The maximum atomic E-state index is 12.0. The quantitative estimate of drug-likeness (QED) is 0.446. The van der Waals surface area contributed by atoms with E-state index in [9.17, 15) is 9.59 Å². The molecule has 2 rings (SSSR count). The van der Waals surface area contributed by atoms with Gasteiger partial charge in [0.25, 0.3) is 11.8 Å². The lowest BCUT2D eigenvalue weighted by molar-refractivity contribution is -0.118. The van der Waals surface area contributed by atoms with Crippen molar-refractivity contribution < 1.29 is 14.3 Å². The van der Waals surface area contributed by atoms with E-state index < -0.39 is 5.91 Å². The fraction of sp³-hybridized carbons (Fsp3) is 0.176. The SMILES string of the molecule is Cc1ccc(NC(=O)COc2ccccc2C(=O)NN)cc1C. The van der Waals surface area contributed by atoms with Crippen molar-refractivity contribution in [3.05, 3.63) is 59.2 Å². The summed E-state index contributed by atoms with van der Waals surface area (Å²) in [6.07, 6.45) is 0. The molecular weight excluding hydrogens is 294 g/mol. The van der Waals surface area contributed by atoms with Crippen LogP contribution in [0.25, 0.3) is 0 Å². The minimum absolute atomic E-state index is 0.207. The smallest absolute Gasteiger partial charge is 0.268 e. The lowest BCUT2D eigenvalue weighted by Crippen LogP contribution is -2.30. The molecule has 0 spiro atoms. The number of nitrogens with two attached hydrogens (primary N) is 1. The Hall–Kier alpha value is -2.86. The van der Waals surface area contributed by atoms with Crippen molar-refractivity contribution in [3.8, 4) is 5.75 Å². The summed E-state index contributed by atoms with van der Waals surface area (Å²) in [5.41, 5.74) is 5.26. The van der Waals surface area contributed by atoms with Gasteiger partial charge in [0.1, 0.15) is 5.75 Å². The highest BCUT2D eigenvalue weighted by Crippen LogP contribution is 2.18. The monoisotopic (exact) mass is 313 g/mol. The highest BCUT2D eigenvalue weighted by atomic mass is 16.5. The highest BCUT2D eigenvalue weighted by Gasteiger charge is 2.12. The van der Waals surface area contributed by atoms with E-state index in [1.165, 1.54) is 0 Å². The molecule has 0 aliphatic carbocycles. The fourth-order valence-corrected chi connectivity index (χ4v) is 2.02. The number of carbonyl (C=O) groups is 2. The van der Waals surface area contributed by atoms with Gasteiger partial charge < -0.3 is 10.1 Å². The van der Waals surface area contributed by atoms with E-state index in [2.05, 4.69) is 5.32 Å². The van der Waals surface area contributed by atoms with Gasteiger partial charge in [-0.25, -0.2) is 5.84 Å². The van der Waals surface area contributed by atoms with Gasteiger partial charge in [-0.1, -0.05) is 18.2 Å². The van der Waals surface area contributed by atoms with Crippen LogP contribution in [0.15, 0.2) is 42.5 Å². The van der Waals surface area contributed by atoms with Crippen molar-refractivity contribution in [2.24, 2.45) is 5.84 Å². The average molecular weight is 313 g/mol. The molecule has 0 aliphatic rings. The van der Waals surface area contributed by atoms with Crippen molar-refractivity contribution in [2.45, 2.75) is 13.8 Å². The van der Waals surface area contributed by atoms with Crippen LogP contribution in [0.3, 0.4) is 0 Å². The standard InChI is InChI=1S/C17H19N3O3/c1-11-7-8-13(9-12(11)2)19-16(21)10-23-15-6-4-3-5-14(15)17(22)20-18/h3-9H,10,18H2,1-2H3,(H,19,21)(H,20,22). The van der Waals surface area contributed by atoms with E-state index in [0.29, 0.717) is 11.4 Å². The van der Waals surface area contributed by atoms with Crippen LogP contribution in [0.2, 0.25) is 0 Å². The van der Waals surface area contributed by atoms with Crippen LogP contribution in [0.1, 0.15) is 21.5 Å². The molecule has 0 fully saturated rings. The Balaban J connectivity index is 1.99. The van der Waals surface area contributed by atoms with Gasteiger partial charge in [-0.15, -0.1) is 0 Å². The molecule has 120 valence electrons. The van der Waals surface area contributed by atoms with Crippen LogP contribution in [-0.2, 0) is 4.79 Å². The van der Waals surface area contributed by atoms with Gasteiger partial charge in [0, 0.05) is 5.69 Å². The summed E-state index contributed by atoms with van der Waals surface area (Å²) in [4.78, 5) is 23.6. The predicted molar refractivity (Wildman–Crippen MR) is 88.1 cm³/mol. The first kappa shape index (κ1) is 16.5. The first-order chi connectivity index (χ1) is 11.0. The zero-order valence-electron chi connectivity index (χ0n) is 13.1. The van der Waals surface area contributed by atoms with Gasteiger partial charge in [-0.3, -0.25) is 15.0 Å². The Bertz CT molecular complexity index is 729.